The predicted molar refractivity (Wildman–Crippen MR) is 116 cm³/mol. The molecule has 0 bridgehead atoms. The molecule has 0 saturated carbocycles. The van der Waals surface area contributed by atoms with Gasteiger partial charge in [0.2, 0.25) is 0 Å². The number of halogens is 1. The Kier molecular flexibility index (Phi) is 5.93. The van der Waals surface area contributed by atoms with E-state index in [-0.39, 0.29) is 31.1 Å². The molecule has 2 atom stereocenters. The number of nitrogens with zero attached hydrogens (tertiary/aromatic N) is 6. The van der Waals surface area contributed by atoms with Crippen molar-refractivity contribution >= 4 is 17.4 Å². The van der Waals surface area contributed by atoms with Gasteiger partial charge in [0.25, 0.3) is 0 Å². The minimum absolute atomic E-state index is 0.0532. The van der Waals surface area contributed by atoms with Crippen molar-refractivity contribution in [2.45, 2.75) is 32.4 Å². The van der Waals surface area contributed by atoms with Crippen LogP contribution >= 0.6 is 0 Å². The average molecular weight is 455 g/mol. The van der Waals surface area contributed by atoms with E-state index in [1.807, 2.05) is 6.92 Å². The molecule has 1 aliphatic heterocycles. The summed E-state index contributed by atoms with van der Waals surface area (Å²) in [7, 11) is 0. The highest BCUT2D eigenvalue weighted by Gasteiger charge is 2.35. The molecule has 11 nitrogen and oxygen atoms in total. The summed E-state index contributed by atoms with van der Waals surface area (Å²) in [4.78, 5) is 19.4. The molecule has 1 unspecified atom stereocenters. The van der Waals surface area contributed by atoms with E-state index in [9.17, 15) is 9.18 Å². The number of aromatic nitrogens is 3. The van der Waals surface area contributed by atoms with E-state index in [4.69, 9.17) is 19.7 Å². The number of ether oxygens (including phenoxy) is 3. The number of azide groups is 1. The average Bonchev–Trinajstić information content (AvgIpc) is 3.21. The number of hydrogen-bond donors (Lipinski definition) is 1. The van der Waals surface area contributed by atoms with Crippen LogP contribution in [0.4, 0.5) is 10.2 Å². The lowest BCUT2D eigenvalue weighted by molar-refractivity contribution is 0.0119. The van der Waals surface area contributed by atoms with Crippen molar-refractivity contribution < 1.29 is 23.4 Å². The van der Waals surface area contributed by atoms with Gasteiger partial charge in [-0.2, -0.15) is 5.10 Å². The fourth-order valence-electron chi connectivity index (χ4n) is 3.49. The standard InChI is InChI=1S/C21H22FN7O4/c1-4-31-20(30)15-9-25-29-6-5-17(27-19(15)29)26-12(2)14-7-13(22)8-16-18(14)33-21(3,11-32-16)10-24-28-23/h5-9,12H,4,10-11H2,1-3H3,(H,26,27)/t12-,21?/m1/s1. The van der Waals surface area contributed by atoms with Crippen molar-refractivity contribution in [1.82, 2.24) is 14.6 Å². The number of hydrogen-bond acceptors (Lipinski definition) is 8. The zero-order valence-corrected chi connectivity index (χ0v) is 18.3. The predicted octanol–water partition coefficient (Wildman–Crippen LogP) is 4.06. The van der Waals surface area contributed by atoms with Crippen LogP contribution < -0.4 is 14.8 Å². The van der Waals surface area contributed by atoms with Crippen LogP contribution in [0.5, 0.6) is 11.5 Å². The topological polar surface area (TPSA) is 136 Å². The summed E-state index contributed by atoms with van der Waals surface area (Å²) >= 11 is 0. The van der Waals surface area contributed by atoms with Crippen LogP contribution in [0, 0.1) is 5.82 Å². The molecular formula is C21H22FN7O4. The van der Waals surface area contributed by atoms with Crippen molar-refractivity contribution in [2.24, 2.45) is 5.11 Å². The molecule has 2 aromatic heterocycles. The van der Waals surface area contributed by atoms with Gasteiger partial charge in [0, 0.05) is 22.7 Å². The molecule has 1 aliphatic rings. The minimum Gasteiger partial charge on any atom is -0.485 e. The lowest BCUT2D eigenvalue weighted by atomic mass is 10.0. The van der Waals surface area contributed by atoms with Crippen LogP contribution in [-0.4, -0.2) is 45.9 Å². The Labute approximate surface area is 188 Å². The maximum absolute atomic E-state index is 14.3. The molecule has 0 amide bonds. The highest BCUT2D eigenvalue weighted by molar-refractivity contribution is 5.95. The highest BCUT2D eigenvalue weighted by Crippen LogP contribution is 2.42. The van der Waals surface area contributed by atoms with Gasteiger partial charge < -0.3 is 19.5 Å². The Morgan fingerprint density at radius 3 is 3.09 bits per heavy atom. The maximum atomic E-state index is 14.3. The van der Waals surface area contributed by atoms with Crippen LogP contribution in [0.1, 0.15) is 42.7 Å². The number of anilines is 1. The number of nitrogens with one attached hydrogen (secondary N) is 1. The molecule has 12 heteroatoms. The second-order valence-corrected chi connectivity index (χ2v) is 7.78. The fourth-order valence-corrected chi connectivity index (χ4v) is 3.49. The van der Waals surface area contributed by atoms with Gasteiger partial charge in [0.15, 0.2) is 17.1 Å². The largest absolute Gasteiger partial charge is 0.485 e. The number of carbonyl (C=O) groups is 1. The molecule has 1 N–H and O–H groups in total. The number of esters is 1. The summed E-state index contributed by atoms with van der Waals surface area (Å²) in [5.41, 5.74) is 8.82. The molecule has 3 aromatic rings. The van der Waals surface area contributed by atoms with E-state index < -0.39 is 23.4 Å². The second-order valence-electron chi connectivity index (χ2n) is 7.78. The summed E-state index contributed by atoms with van der Waals surface area (Å²) in [5.74, 6) is 0.0575. The Morgan fingerprint density at radius 2 is 2.33 bits per heavy atom. The minimum atomic E-state index is -0.894. The molecule has 3 heterocycles. The third-order valence-electron chi connectivity index (χ3n) is 5.09. The van der Waals surface area contributed by atoms with Crippen molar-refractivity contribution in [2.75, 3.05) is 25.1 Å². The van der Waals surface area contributed by atoms with Crippen LogP contribution in [-0.2, 0) is 4.74 Å². The zero-order chi connectivity index (χ0) is 23.6. The van der Waals surface area contributed by atoms with Gasteiger partial charge in [-0.15, -0.1) is 0 Å². The first-order valence-electron chi connectivity index (χ1n) is 10.3. The van der Waals surface area contributed by atoms with Crippen LogP contribution in [0.2, 0.25) is 0 Å². The van der Waals surface area contributed by atoms with Gasteiger partial charge in [-0.3, -0.25) is 0 Å². The number of carbonyl (C=O) groups excluding carboxylic acids is 1. The van der Waals surface area contributed by atoms with Gasteiger partial charge in [0.05, 0.1) is 25.4 Å². The van der Waals surface area contributed by atoms with Crippen molar-refractivity contribution in [1.29, 1.82) is 0 Å². The first kappa shape index (κ1) is 22.2. The Balaban J connectivity index is 1.64. The molecule has 1 aromatic carbocycles. The summed E-state index contributed by atoms with van der Waals surface area (Å²) in [6, 6.07) is 3.82. The third-order valence-corrected chi connectivity index (χ3v) is 5.09. The second kappa shape index (κ2) is 8.83. The summed E-state index contributed by atoms with van der Waals surface area (Å²) in [5, 5.41) is 10.9. The maximum Gasteiger partial charge on any atom is 0.343 e. The number of rotatable bonds is 7. The lowest BCUT2D eigenvalue weighted by Gasteiger charge is -2.36. The number of benzene rings is 1. The first-order chi connectivity index (χ1) is 15.8. The van der Waals surface area contributed by atoms with E-state index in [0.717, 1.165) is 0 Å². The van der Waals surface area contributed by atoms with E-state index >= 15 is 0 Å². The van der Waals surface area contributed by atoms with Crippen molar-refractivity contribution in [3.63, 3.8) is 0 Å². The fraction of sp³-hybridized carbons (Fsp3) is 0.381. The molecule has 172 valence electrons. The summed E-state index contributed by atoms with van der Waals surface area (Å²) in [6.07, 6.45) is 3.05. The van der Waals surface area contributed by atoms with Crippen LogP contribution in [0.15, 0.2) is 35.7 Å². The molecule has 0 radical (unpaired) electrons. The number of fused-ring (bicyclic) bond motifs is 2. The van der Waals surface area contributed by atoms with Gasteiger partial charge in [-0.25, -0.2) is 18.7 Å². The van der Waals surface area contributed by atoms with E-state index in [0.29, 0.717) is 22.8 Å². The van der Waals surface area contributed by atoms with Gasteiger partial charge in [-0.1, -0.05) is 5.11 Å². The van der Waals surface area contributed by atoms with Gasteiger partial charge >= 0.3 is 5.97 Å². The molecule has 0 fully saturated rings. The molecule has 0 spiro atoms. The van der Waals surface area contributed by atoms with Gasteiger partial charge in [-0.05, 0) is 38.4 Å². The Hall–Kier alpha value is -4.05. The molecule has 0 aliphatic carbocycles. The van der Waals surface area contributed by atoms with Crippen LogP contribution in [0.3, 0.4) is 0 Å². The Morgan fingerprint density at radius 1 is 1.52 bits per heavy atom. The Bertz CT molecular complexity index is 1260. The summed E-state index contributed by atoms with van der Waals surface area (Å²) < 4.78 is 32.7. The quantitative estimate of drug-likeness (QED) is 0.246. The third kappa shape index (κ3) is 4.46. The van der Waals surface area contributed by atoms with Crippen molar-refractivity contribution in [3.05, 3.63) is 58.0 Å². The van der Waals surface area contributed by atoms with Crippen LogP contribution in [0.25, 0.3) is 16.1 Å². The molecule has 33 heavy (non-hydrogen) atoms. The first-order valence-corrected chi connectivity index (χ1v) is 10.3. The SMILES string of the molecule is CCOC(=O)c1cnn2ccc(N[C@H](C)c3cc(F)cc4c3OC(C)(CN=[N+]=[N-])CO4)nc12. The smallest absolute Gasteiger partial charge is 0.343 e. The normalized spacial score (nSPS) is 17.8. The van der Waals surface area contributed by atoms with E-state index in [1.165, 1.54) is 22.8 Å². The van der Waals surface area contributed by atoms with Crippen molar-refractivity contribution in [3.8, 4) is 11.5 Å². The lowest BCUT2D eigenvalue weighted by Crippen LogP contribution is -2.45. The summed E-state index contributed by atoms with van der Waals surface area (Å²) in [6.45, 7) is 5.68. The molecular weight excluding hydrogens is 433 g/mol. The monoisotopic (exact) mass is 455 g/mol. The van der Waals surface area contributed by atoms with Gasteiger partial charge in [0.1, 0.15) is 29.4 Å². The van der Waals surface area contributed by atoms with E-state index in [1.54, 1.807) is 26.1 Å². The zero-order valence-electron chi connectivity index (χ0n) is 18.3. The van der Waals surface area contributed by atoms with E-state index in [2.05, 4.69) is 25.4 Å². The molecule has 0 saturated heterocycles. The highest BCUT2D eigenvalue weighted by atomic mass is 19.1. The molecule has 4 rings (SSSR count).